The number of furan rings is 1. The maximum Gasteiger partial charge on any atom is 0.200 e. The molecule has 0 aliphatic heterocycles. The maximum absolute atomic E-state index is 5.57. The second kappa shape index (κ2) is 7.59. The first kappa shape index (κ1) is 18.4. The molecule has 4 rings (SSSR count). The van der Waals surface area contributed by atoms with Gasteiger partial charge in [0.15, 0.2) is 10.9 Å². The van der Waals surface area contributed by atoms with Crippen LogP contribution in [-0.2, 0) is 12.0 Å². The molecule has 3 aromatic heterocycles. The Balaban J connectivity index is 1.71. The molecule has 6 nitrogen and oxygen atoms in total. The third-order valence-electron chi connectivity index (χ3n) is 4.14. The highest BCUT2D eigenvalue weighted by Gasteiger charge is 2.20. The molecule has 0 bridgehead atoms. The normalized spacial score (nSPS) is 11.7. The van der Waals surface area contributed by atoms with Gasteiger partial charge in [-0.1, -0.05) is 51.1 Å². The van der Waals surface area contributed by atoms with Crippen molar-refractivity contribution in [3.05, 3.63) is 72.4 Å². The van der Waals surface area contributed by atoms with E-state index >= 15 is 0 Å². The van der Waals surface area contributed by atoms with Gasteiger partial charge in [0.05, 0.1) is 12.8 Å². The minimum Gasteiger partial charge on any atom is -0.461 e. The van der Waals surface area contributed by atoms with Crippen LogP contribution in [0.3, 0.4) is 0 Å². The topological polar surface area (TPSA) is 69.6 Å². The summed E-state index contributed by atoms with van der Waals surface area (Å²) in [5.74, 6) is 2.19. The van der Waals surface area contributed by atoms with Gasteiger partial charge < -0.3 is 4.42 Å². The van der Waals surface area contributed by atoms with Gasteiger partial charge in [-0.05, 0) is 35.5 Å². The first-order valence-electron chi connectivity index (χ1n) is 9.03. The Morgan fingerprint density at radius 3 is 2.54 bits per heavy atom. The summed E-state index contributed by atoms with van der Waals surface area (Å²) >= 11 is 1.48. The summed E-state index contributed by atoms with van der Waals surface area (Å²) in [6.45, 7) is 6.94. The lowest BCUT2D eigenvalue weighted by molar-refractivity contribution is 0.538. The molecule has 28 heavy (non-hydrogen) atoms. The van der Waals surface area contributed by atoms with E-state index in [9.17, 15) is 0 Å². The molecule has 1 aromatic carbocycles. The predicted molar refractivity (Wildman–Crippen MR) is 108 cm³/mol. The highest BCUT2D eigenvalue weighted by atomic mass is 32.2. The summed E-state index contributed by atoms with van der Waals surface area (Å²) in [6.07, 6.45) is 3.44. The summed E-state index contributed by atoms with van der Waals surface area (Å²) in [5.41, 5.74) is 1.04. The first-order chi connectivity index (χ1) is 13.5. The fourth-order valence-corrected chi connectivity index (χ4v) is 3.51. The fraction of sp³-hybridized carbons (Fsp3) is 0.238. The molecule has 3 heterocycles. The van der Waals surface area contributed by atoms with Crippen LogP contribution in [-0.4, -0.2) is 24.7 Å². The zero-order valence-corrected chi connectivity index (χ0v) is 16.8. The van der Waals surface area contributed by atoms with Crippen LogP contribution in [0.5, 0.6) is 0 Å². The van der Waals surface area contributed by atoms with E-state index in [4.69, 9.17) is 9.40 Å². The van der Waals surface area contributed by atoms with Crippen LogP contribution >= 0.6 is 11.8 Å². The summed E-state index contributed by atoms with van der Waals surface area (Å²) in [5, 5.41) is 10.4. The van der Waals surface area contributed by atoms with E-state index in [1.165, 1.54) is 11.8 Å². The first-order valence-corrected chi connectivity index (χ1v) is 9.85. The zero-order valence-electron chi connectivity index (χ0n) is 16.0. The minimum atomic E-state index is -0.117. The summed E-state index contributed by atoms with van der Waals surface area (Å²) in [6, 6.07) is 15.9. The Morgan fingerprint density at radius 1 is 1.00 bits per heavy atom. The maximum atomic E-state index is 5.57. The monoisotopic (exact) mass is 391 g/mol. The molecule has 0 fully saturated rings. The Bertz CT molecular complexity index is 1050. The van der Waals surface area contributed by atoms with Crippen LogP contribution in [0.25, 0.3) is 11.6 Å². The van der Waals surface area contributed by atoms with Gasteiger partial charge in [0.1, 0.15) is 10.9 Å². The van der Waals surface area contributed by atoms with Crippen molar-refractivity contribution in [2.75, 3.05) is 0 Å². The second-order valence-corrected chi connectivity index (χ2v) is 8.41. The second-order valence-electron chi connectivity index (χ2n) is 7.43. The quantitative estimate of drug-likeness (QED) is 0.454. The van der Waals surface area contributed by atoms with Crippen molar-refractivity contribution in [1.82, 2.24) is 24.7 Å². The van der Waals surface area contributed by atoms with Crippen molar-refractivity contribution >= 4 is 11.8 Å². The van der Waals surface area contributed by atoms with E-state index in [0.29, 0.717) is 18.1 Å². The molecule has 0 aliphatic carbocycles. The Kier molecular flexibility index (Phi) is 5.00. The Labute approximate surface area is 168 Å². The van der Waals surface area contributed by atoms with Crippen molar-refractivity contribution < 1.29 is 4.42 Å². The molecule has 0 N–H and O–H groups in total. The number of rotatable bonds is 5. The minimum absolute atomic E-state index is 0.117. The predicted octanol–water partition coefficient (Wildman–Crippen LogP) is 4.83. The van der Waals surface area contributed by atoms with Crippen molar-refractivity contribution in [2.24, 2.45) is 0 Å². The largest absolute Gasteiger partial charge is 0.461 e. The number of hydrogen-bond acceptors (Lipinski definition) is 6. The van der Waals surface area contributed by atoms with Crippen molar-refractivity contribution in [3.63, 3.8) is 0 Å². The van der Waals surface area contributed by atoms with E-state index in [0.717, 1.165) is 21.6 Å². The molecule has 0 unspecified atom stereocenters. The van der Waals surface area contributed by atoms with Gasteiger partial charge in [-0.3, -0.25) is 4.57 Å². The SMILES string of the molecule is CC(C)(C)c1nccc(Sc2nnc(-c3ccco3)n2Cc2ccccc2)n1. The molecule has 0 spiro atoms. The lowest BCUT2D eigenvalue weighted by Crippen LogP contribution is -2.16. The van der Waals surface area contributed by atoms with Crippen LogP contribution in [0.1, 0.15) is 32.2 Å². The van der Waals surface area contributed by atoms with Crippen LogP contribution < -0.4 is 0 Å². The lowest BCUT2D eigenvalue weighted by Gasteiger charge is -2.16. The smallest absolute Gasteiger partial charge is 0.200 e. The molecule has 0 saturated heterocycles. The van der Waals surface area contributed by atoms with E-state index < -0.39 is 0 Å². The van der Waals surface area contributed by atoms with Crippen molar-refractivity contribution in [1.29, 1.82) is 0 Å². The van der Waals surface area contributed by atoms with Crippen LogP contribution in [0.2, 0.25) is 0 Å². The number of aromatic nitrogens is 5. The van der Waals surface area contributed by atoms with Gasteiger partial charge in [0.25, 0.3) is 0 Å². The molecule has 0 aliphatic rings. The molecular formula is C21H21N5OS. The lowest BCUT2D eigenvalue weighted by atomic mass is 9.96. The Hall–Kier alpha value is -2.93. The van der Waals surface area contributed by atoms with Gasteiger partial charge in [-0.25, -0.2) is 9.97 Å². The van der Waals surface area contributed by atoms with E-state index in [1.807, 2.05) is 36.4 Å². The average molecular weight is 392 g/mol. The van der Waals surface area contributed by atoms with Gasteiger partial charge in [0.2, 0.25) is 5.82 Å². The molecular weight excluding hydrogens is 370 g/mol. The van der Waals surface area contributed by atoms with Crippen molar-refractivity contribution in [3.8, 4) is 11.6 Å². The number of hydrogen-bond donors (Lipinski definition) is 0. The van der Waals surface area contributed by atoms with Crippen LogP contribution in [0, 0.1) is 0 Å². The standard InChI is InChI=1S/C21H21N5OS/c1-21(2,3)19-22-12-11-17(23-19)28-20-25-24-18(16-10-7-13-27-16)26(20)14-15-8-5-4-6-9-15/h4-13H,14H2,1-3H3. The molecule has 0 radical (unpaired) electrons. The molecule has 142 valence electrons. The third-order valence-corrected chi connectivity index (χ3v) is 5.06. The zero-order chi connectivity index (χ0) is 19.6. The molecule has 0 saturated carbocycles. The number of benzene rings is 1. The van der Waals surface area contributed by atoms with E-state index in [1.54, 1.807) is 12.5 Å². The van der Waals surface area contributed by atoms with Gasteiger partial charge in [0, 0.05) is 11.6 Å². The summed E-state index contributed by atoms with van der Waals surface area (Å²) in [4.78, 5) is 9.11. The average Bonchev–Trinajstić information content (AvgIpc) is 3.33. The fourth-order valence-electron chi connectivity index (χ4n) is 2.71. The summed E-state index contributed by atoms with van der Waals surface area (Å²) < 4.78 is 7.62. The van der Waals surface area contributed by atoms with E-state index in [-0.39, 0.29) is 5.41 Å². The van der Waals surface area contributed by atoms with Gasteiger partial charge >= 0.3 is 0 Å². The number of nitrogens with zero attached hydrogens (tertiary/aromatic N) is 5. The summed E-state index contributed by atoms with van der Waals surface area (Å²) in [7, 11) is 0. The highest BCUT2D eigenvalue weighted by molar-refractivity contribution is 7.99. The third kappa shape index (κ3) is 3.99. The molecule has 0 amide bonds. The molecule has 7 heteroatoms. The molecule has 4 aromatic rings. The van der Waals surface area contributed by atoms with Crippen LogP contribution in [0.4, 0.5) is 0 Å². The van der Waals surface area contributed by atoms with Crippen LogP contribution in [0.15, 0.2) is 75.6 Å². The van der Waals surface area contributed by atoms with Crippen molar-refractivity contribution in [2.45, 2.75) is 42.9 Å². The van der Waals surface area contributed by atoms with Gasteiger partial charge in [-0.2, -0.15) is 0 Å². The van der Waals surface area contributed by atoms with E-state index in [2.05, 4.69) is 52.7 Å². The highest BCUT2D eigenvalue weighted by Crippen LogP contribution is 2.30. The Morgan fingerprint density at radius 2 is 1.82 bits per heavy atom. The molecule has 0 atom stereocenters. The van der Waals surface area contributed by atoms with Gasteiger partial charge in [-0.15, -0.1) is 10.2 Å².